The third-order valence-corrected chi connectivity index (χ3v) is 7.00. The normalized spacial score (nSPS) is 12.7. The van der Waals surface area contributed by atoms with Gasteiger partial charge in [-0.25, -0.2) is 19.2 Å². The average molecular weight is 660 g/mol. The Morgan fingerprint density at radius 1 is 0.761 bits per heavy atom. The van der Waals surface area contributed by atoms with E-state index in [1.807, 2.05) is 59.5 Å². The predicted molar refractivity (Wildman–Crippen MR) is 170 cm³/mol. The Bertz CT molecular complexity index is 1290. The predicted octanol–water partition coefficient (Wildman–Crippen LogP) is 2.41. The number of rotatable bonds is 12. The number of carboxylic acids is 4. The zero-order valence-corrected chi connectivity index (χ0v) is 26.2. The number of hydrogen-bond donors (Lipinski definition) is 4. The molecule has 0 bridgehead atoms. The molecule has 0 atom stereocenters. The van der Waals surface area contributed by atoms with E-state index < -0.39 is 23.9 Å². The molecule has 2 aromatic carbocycles. The lowest BCUT2D eigenvalue weighted by molar-refractivity contribution is -0.134. The third kappa shape index (κ3) is 17.2. The van der Waals surface area contributed by atoms with E-state index in [9.17, 15) is 28.8 Å². The van der Waals surface area contributed by atoms with E-state index in [1.54, 1.807) is 30.8 Å². The van der Waals surface area contributed by atoms with Crippen LogP contribution < -0.4 is 9.64 Å². The number of ether oxygens (including phenoxy) is 1. The maximum atomic E-state index is 12.5. The van der Waals surface area contributed by atoms with Crippen molar-refractivity contribution in [3.63, 3.8) is 0 Å². The molecule has 1 aliphatic rings. The summed E-state index contributed by atoms with van der Waals surface area (Å²) in [5, 5.41) is 31.2. The van der Waals surface area contributed by atoms with Gasteiger partial charge in [0.15, 0.2) is 0 Å². The molecule has 4 N–H and O–H groups in total. The van der Waals surface area contributed by atoms with Crippen molar-refractivity contribution in [2.45, 2.75) is 11.3 Å². The average Bonchev–Trinajstić information content (AvgIpc) is 3.04. The first-order valence-electron chi connectivity index (χ1n) is 13.7. The Hall–Kier alpha value is -5.15. The van der Waals surface area contributed by atoms with Gasteiger partial charge in [-0.05, 0) is 36.4 Å². The summed E-state index contributed by atoms with van der Waals surface area (Å²) in [5.41, 5.74) is 0.894. The van der Waals surface area contributed by atoms with Crippen LogP contribution in [0.1, 0.15) is 6.42 Å². The van der Waals surface area contributed by atoms with Gasteiger partial charge in [-0.3, -0.25) is 14.5 Å². The van der Waals surface area contributed by atoms with Crippen LogP contribution >= 0.6 is 11.8 Å². The van der Waals surface area contributed by atoms with E-state index in [0.717, 1.165) is 35.2 Å². The first-order chi connectivity index (χ1) is 21.8. The smallest absolute Gasteiger partial charge is 0.328 e. The second-order valence-corrected chi connectivity index (χ2v) is 10.4. The highest BCUT2D eigenvalue weighted by molar-refractivity contribution is 7.99. The number of likely N-dealkylation sites (N-methyl/N-ethyl adjacent to an activating group) is 1. The lowest BCUT2D eigenvalue weighted by Gasteiger charge is -2.35. The highest BCUT2D eigenvalue weighted by Gasteiger charge is 2.23. The van der Waals surface area contributed by atoms with Crippen LogP contribution in [0.5, 0.6) is 5.75 Å². The second kappa shape index (κ2) is 21.5. The highest BCUT2D eigenvalue weighted by atomic mass is 32.2. The summed E-state index contributed by atoms with van der Waals surface area (Å²) in [5.74, 6) is -3.19. The fourth-order valence-corrected chi connectivity index (χ4v) is 4.46. The minimum atomic E-state index is -1.26. The monoisotopic (exact) mass is 659 g/mol. The highest BCUT2D eigenvalue weighted by Crippen LogP contribution is 2.22. The number of anilines is 1. The number of amides is 2. The Morgan fingerprint density at radius 3 is 1.67 bits per heavy atom. The minimum Gasteiger partial charge on any atom is -0.497 e. The lowest BCUT2D eigenvalue weighted by atomic mass is 10.2. The molecule has 0 saturated carbocycles. The fourth-order valence-electron chi connectivity index (χ4n) is 3.62. The third-order valence-electron chi connectivity index (χ3n) is 5.98. The molecule has 248 valence electrons. The van der Waals surface area contributed by atoms with Crippen molar-refractivity contribution in [1.29, 1.82) is 0 Å². The molecule has 1 heterocycles. The van der Waals surface area contributed by atoms with Gasteiger partial charge in [0.2, 0.25) is 11.8 Å². The van der Waals surface area contributed by atoms with E-state index in [0.29, 0.717) is 50.4 Å². The van der Waals surface area contributed by atoms with E-state index in [-0.39, 0.29) is 11.8 Å². The first kappa shape index (κ1) is 38.9. The molecule has 0 spiro atoms. The Balaban J connectivity index is 0.000000545. The number of thioether (sulfide) groups is 1. The van der Waals surface area contributed by atoms with Gasteiger partial charge in [0, 0.05) is 80.3 Å². The van der Waals surface area contributed by atoms with Crippen molar-refractivity contribution < 1.29 is 53.9 Å². The van der Waals surface area contributed by atoms with E-state index in [4.69, 9.17) is 25.2 Å². The molecule has 1 aliphatic heterocycles. The summed E-state index contributed by atoms with van der Waals surface area (Å²) in [6.07, 6.45) is 2.75. The van der Waals surface area contributed by atoms with Gasteiger partial charge in [-0.2, -0.15) is 0 Å². The molecule has 1 fully saturated rings. The quantitative estimate of drug-likeness (QED) is 0.191. The van der Waals surface area contributed by atoms with Gasteiger partial charge < -0.3 is 35.0 Å². The van der Waals surface area contributed by atoms with Crippen molar-refractivity contribution in [2.75, 3.05) is 57.5 Å². The Labute approximate surface area is 270 Å². The summed E-state index contributed by atoms with van der Waals surface area (Å²) in [4.78, 5) is 70.1. The summed E-state index contributed by atoms with van der Waals surface area (Å²) >= 11 is 1.68. The molecule has 14 nitrogen and oxygen atoms in total. The van der Waals surface area contributed by atoms with Crippen LogP contribution in [0.4, 0.5) is 5.69 Å². The van der Waals surface area contributed by atoms with Gasteiger partial charge >= 0.3 is 23.9 Å². The van der Waals surface area contributed by atoms with Crippen LogP contribution in [0.3, 0.4) is 0 Å². The molecule has 2 amide bonds. The zero-order valence-electron chi connectivity index (χ0n) is 25.4. The van der Waals surface area contributed by atoms with Gasteiger partial charge in [-0.1, -0.05) is 18.2 Å². The van der Waals surface area contributed by atoms with Crippen LogP contribution in [0.25, 0.3) is 0 Å². The van der Waals surface area contributed by atoms with E-state index in [1.165, 1.54) is 0 Å². The number of benzene rings is 2. The Morgan fingerprint density at radius 2 is 1.24 bits per heavy atom. The number of hydrogen-bond acceptors (Lipinski definition) is 9. The second-order valence-electron chi connectivity index (χ2n) is 9.24. The largest absolute Gasteiger partial charge is 0.497 e. The number of piperazine rings is 1. The summed E-state index contributed by atoms with van der Waals surface area (Å²) in [6.45, 7) is 3.18. The maximum absolute atomic E-state index is 12.5. The van der Waals surface area contributed by atoms with Gasteiger partial charge in [0.25, 0.3) is 0 Å². The Kier molecular flexibility index (Phi) is 18.2. The van der Waals surface area contributed by atoms with Crippen LogP contribution in [-0.2, 0) is 28.8 Å². The standard InChI is InChI=1S/C23H29N3O3S.2C4H4O4/c1-24(19-6-4-3-5-7-19)23(28)18-25-13-15-26(16-14-25)22(27)12-17-30-21-10-8-20(29-2)9-11-21;2*5-3(6)1-2-4(7)8/h3-11H,12-18H2,1-2H3;2*1-2H,(H,5,6)(H,7,8)/b;2*2-1+. The van der Waals surface area contributed by atoms with Crippen molar-refractivity contribution in [3.8, 4) is 5.75 Å². The molecule has 0 radical (unpaired) electrons. The van der Waals surface area contributed by atoms with Crippen LogP contribution in [0, 0.1) is 0 Å². The molecule has 15 heteroatoms. The number of nitrogens with zero attached hydrogens (tertiary/aromatic N) is 3. The van der Waals surface area contributed by atoms with Gasteiger partial charge in [-0.15, -0.1) is 11.8 Å². The molecule has 0 aliphatic carbocycles. The van der Waals surface area contributed by atoms with Gasteiger partial charge in [0.05, 0.1) is 13.7 Å². The summed E-state index contributed by atoms with van der Waals surface area (Å²) in [6, 6.07) is 17.5. The minimum absolute atomic E-state index is 0.0665. The van der Waals surface area contributed by atoms with Crippen molar-refractivity contribution in [2.24, 2.45) is 0 Å². The molecule has 0 aromatic heterocycles. The SMILES string of the molecule is COc1ccc(SCCC(=O)N2CCN(CC(=O)N(C)c3ccccc3)CC2)cc1.O=C(O)/C=C/C(=O)O.O=C(O)/C=C/C(=O)O. The summed E-state index contributed by atoms with van der Waals surface area (Å²) < 4.78 is 5.16. The van der Waals surface area contributed by atoms with Crippen molar-refractivity contribution in [1.82, 2.24) is 9.80 Å². The van der Waals surface area contributed by atoms with Gasteiger partial charge in [0.1, 0.15) is 5.75 Å². The maximum Gasteiger partial charge on any atom is 0.328 e. The molecule has 0 unspecified atom stereocenters. The van der Waals surface area contributed by atoms with Crippen LogP contribution in [-0.4, -0.2) is 119 Å². The van der Waals surface area contributed by atoms with Crippen LogP contribution in [0.15, 0.2) is 83.8 Å². The molecule has 3 rings (SSSR count). The molecule has 1 saturated heterocycles. The number of methoxy groups -OCH3 is 1. The lowest BCUT2D eigenvalue weighted by Crippen LogP contribution is -2.51. The topological polar surface area (TPSA) is 202 Å². The van der Waals surface area contributed by atoms with E-state index >= 15 is 0 Å². The molecular weight excluding hydrogens is 622 g/mol. The zero-order chi connectivity index (χ0) is 34.5. The van der Waals surface area contributed by atoms with Crippen molar-refractivity contribution >= 4 is 53.1 Å². The number of aliphatic carboxylic acids is 4. The summed E-state index contributed by atoms with van der Waals surface area (Å²) in [7, 11) is 3.45. The number of carbonyl (C=O) groups excluding carboxylic acids is 2. The van der Waals surface area contributed by atoms with E-state index in [2.05, 4.69) is 4.90 Å². The molecular formula is C31H37N3O11S. The molecule has 2 aromatic rings. The first-order valence-corrected chi connectivity index (χ1v) is 14.7. The fraction of sp³-hybridized carbons (Fsp3) is 0.290. The molecule has 46 heavy (non-hydrogen) atoms. The van der Waals surface area contributed by atoms with Crippen molar-refractivity contribution in [3.05, 3.63) is 78.9 Å². The number of carboxylic acid groups (broad SMARTS) is 4. The number of para-hydroxylation sites is 1. The van der Waals surface area contributed by atoms with Crippen LogP contribution in [0.2, 0.25) is 0 Å². The number of carbonyl (C=O) groups is 6.